The van der Waals surface area contributed by atoms with Gasteiger partial charge >= 0.3 is 6.11 Å². The van der Waals surface area contributed by atoms with Gasteiger partial charge in [-0.3, -0.25) is 0 Å². The summed E-state index contributed by atoms with van der Waals surface area (Å²) in [6.45, 7) is 0.663. The summed E-state index contributed by atoms with van der Waals surface area (Å²) in [6.07, 6.45) is 0.420. The van der Waals surface area contributed by atoms with Gasteiger partial charge in [0.25, 0.3) is 0 Å². The van der Waals surface area contributed by atoms with Gasteiger partial charge in [0.2, 0.25) is 6.86 Å². The van der Waals surface area contributed by atoms with Crippen molar-refractivity contribution in [3.8, 4) is 44.9 Å². The lowest BCUT2D eigenvalue weighted by molar-refractivity contribution is -0.185. The predicted molar refractivity (Wildman–Crippen MR) is 163 cm³/mol. The normalized spacial score (nSPS) is 11.5. The van der Waals surface area contributed by atoms with Crippen LogP contribution in [0.3, 0.4) is 0 Å². The van der Waals surface area contributed by atoms with Crippen molar-refractivity contribution in [3.63, 3.8) is 0 Å². The Morgan fingerprint density at radius 1 is 0.587 bits per heavy atom. The molecule has 0 aliphatic rings. The smallest absolute Gasteiger partial charge is 0.426 e. The Morgan fingerprint density at radius 3 is 1.72 bits per heavy atom. The first-order valence-corrected chi connectivity index (χ1v) is 14.6. The third-order valence-corrected chi connectivity index (χ3v) is 7.55. The highest BCUT2D eigenvalue weighted by molar-refractivity contribution is 5.74. The molecule has 0 aromatic heterocycles. The molecule has 0 bridgehead atoms. The molecule has 0 atom stereocenters. The molecule has 5 aromatic carbocycles. The molecule has 0 radical (unpaired) electrons. The van der Waals surface area contributed by atoms with Crippen molar-refractivity contribution in [2.24, 2.45) is 0 Å². The molecule has 0 spiro atoms. The Hall–Kier alpha value is -4.79. The van der Waals surface area contributed by atoms with E-state index in [0.29, 0.717) is 11.1 Å². The molecule has 46 heavy (non-hydrogen) atoms. The fourth-order valence-electron chi connectivity index (χ4n) is 5.12. The summed E-state index contributed by atoms with van der Waals surface area (Å²) in [7, 11) is 0. The zero-order chi connectivity index (χ0) is 32.8. The van der Waals surface area contributed by atoms with Crippen LogP contribution in [-0.2, 0) is 12.5 Å². The molecule has 0 saturated heterocycles. The van der Waals surface area contributed by atoms with E-state index in [9.17, 15) is 22.0 Å². The van der Waals surface area contributed by atoms with Crippen LogP contribution in [0.5, 0.6) is 11.5 Å². The van der Waals surface area contributed by atoms with Crippen LogP contribution in [-0.4, -0.2) is 6.86 Å². The number of rotatable bonds is 12. The third kappa shape index (κ3) is 7.36. The minimum atomic E-state index is -3.56. The Bertz CT molecular complexity index is 1780. The number of aryl methyl sites for hydroxylation is 1. The molecule has 0 heterocycles. The van der Waals surface area contributed by atoms with Crippen LogP contribution in [0.1, 0.15) is 37.3 Å². The van der Waals surface area contributed by atoms with Gasteiger partial charge in [-0.1, -0.05) is 68.3 Å². The molecule has 5 aromatic rings. The van der Waals surface area contributed by atoms with Gasteiger partial charge in [-0.25, -0.2) is 22.0 Å². The Balaban J connectivity index is 1.29. The van der Waals surface area contributed by atoms with Gasteiger partial charge in [0.05, 0.1) is 5.56 Å². The lowest BCUT2D eigenvalue weighted by Gasteiger charge is -2.19. The van der Waals surface area contributed by atoms with Crippen LogP contribution in [0.2, 0.25) is 0 Å². The molecule has 9 heteroatoms. The van der Waals surface area contributed by atoms with Gasteiger partial charge < -0.3 is 9.47 Å². The number of hydrogen-bond acceptors (Lipinski definition) is 2. The maximum absolute atomic E-state index is 15.2. The molecule has 238 valence electrons. The molecular weight excluding hydrogens is 609 g/mol. The minimum absolute atomic E-state index is 0.0641. The SMILES string of the molecule is CCCCCc1ccc(C(F)(F)Oc2ccc(-c3ccc(-c4ccc(-c5cc(F)c(OCF)c(F)c5)c(F)c4)c(F)c3)cc2)cc1. The number of hydrogen-bond donors (Lipinski definition) is 0. The Labute approximate surface area is 262 Å². The Morgan fingerprint density at radius 2 is 1.13 bits per heavy atom. The molecule has 5 rings (SSSR count). The fraction of sp³-hybridized carbons (Fsp3) is 0.189. The number of ether oxygens (including phenoxy) is 2. The Kier molecular flexibility index (Phi) is 9.99. The van der Waals surface area contributed by atoms with Crippen LogP contribution in [0.4, 0.5) is 30.7 Å². The van der Waals surface area contributed by atoms with Gasteiger partial charge in [0, 0.05) is 11.1 Å². The summed E-state index contributed by atoms with van der Waals surface area (Å²) >= 11 is 0. The first-order valence-electron chi connectivity index (χ1n) is 14.6. The van der Waals surface area contributed by atoms with Gasteiger partial charge in [-0.15, -0.1) is 0 Å². The highest BCUT2D eigenvalue weighted by Gasteiger charge is 2.34. The fourth-order valence-corrected chi connectivity index (χ4v) is 5.12. The average molecular weight is 639 g/mol. The van der Waals surface area contributed by atoms with Crippen molar-refractivity contribution in [2.75, 3.05) is 6.86 Å². The molecule has 0 saturated carbocycles. The van der Waals surface area contributed by atoms with E-state index in [1.54, 1.807) is 18.2 Å². The number of benzene rings is 5. The molecule has 0 amide bonds. The minimum Gasteiger partial charge on any atom is -0.457 e. The van der Waals surface area contributed by atoms with Crippen LogP contribution in [0.15, 0.2) is 97.1 Å². The van der Waals surface area contributed by atoms with E-state index in [1.807, 2.05) is 0 Å². The first kappa shape index (κ1) is 32.6. The lowest BCUT2D eigenvalue weighted by Crippen LogP contribution is -2.21. The van der Waals surface area contributed by atoms with E-state index in [2.05, 4.69) is 11.7 Å². The summed E-state index contributed by atoms with van der Waals surface area (Å²) < 4.78 is 110. The first-order chi connectivity index (χ1) is 22.1. The second kappa shape index (κ2) is 14.1. The number of halogens is 7. The van der Waals surface area contributed by atoms with E-state index >= 15 is 8.78 Å². The predicted octanol–water partition coefficient (Wildman–Crippen LogP) is 11.4. The van der Waals surface area contributed by atoms with Crippen LogP contribution in [0, 0.1) is 23.3 Å². The monoisotopic (exact) mass is 638 g/mol. The average Bonchev–Trinajstić information content (AvgIpc) is 3.03. The maximum atomic E-state index is 15.2. The lowest BCUT2D eigenvalue weighted by atomic mass is 9.97. The van der Waals surface area contributed by atoms with E-state index in [0.717, 1.165) is 49.4 Å². The van der Waals surface area contributed by atoms with E-state index < -0.39 is 42.0 Å². The van der Waals surface area contributed by atoms with Crippen LogP contribution >= 0.6 is 0 Å². The number of alkyl halides is 3. The molecule has 0 aliphatic heterocycles. The zero-order valence-electron chi connectivity index (χ0n) is 24.7. The molecule has 0 fully saturated rings. The van der Waals surface area contributed by atoms with Gasteiger partial charge in [0.15, 0.2) is 17.4 Å². The molecular formula is C37H29F7O2. The third-order valence-electron chi connectivity index (χ3n) is 7.55. The standard InChI is InChI=1S/C37H29F7O2/c1-2-3-4-5-23-6-12-28(13-7-23)37(43,44)46-29-14-8-24(9-15-29)25-10-16-30(32(39)18-25)26-11-17-31(33(40)19-26)27-20-34(41)36(45-22-38)35(42)21-27/h6-21H,2-5,22H2,1H3. The summed E-state index contributed by atoms with van der Waals surface area (Å²) in [6, 6.07) is 21.4. The summed E-state index contributed by atoms with van der Waals surface area (Å²) in [5.74, 6) is -4.93. The molecule has 0 N–H and O–H groups in total. The highest BCUT2D eigenvalue weighted by Crippen LogP contribution is 2.36. The summed E-state index contributed by atoms with van der Waals surface area (Å²) in [5.41, 5.74) is 1.62. The van der Waals surface area contributed by atoms with E-state index in [-0.39, 0.29) is 33.6 Å². The second-order valence-corrected chi connectivity index (χ2v) is 10.7. The molecule has 0 unspecified atom stereocenters. The van der Waals surface area contributed by atoms with E-state index in [4.69, 9.17) is 4.74 Å². The molecule has 0 aliphatic carbocycles. The van der Waals surface area contributed by atoms with Crippen molar-refractivity contribution < 1.29 is 40.2 Å². The summed E-state index contributed by atoms with van der Waals surface area (Å²) in [4.78, 5) is 0. The van der Waals surface area contributed by atoms with Crippen molar-refractivity contribution in [1.82, 2.24) is 0 Å². The second-order valence-electron chi connectivity index (χ2n) is 10.7. The van der Waals surface area contributed by atoms with Crippen LogP contribution < -0.4 is 9.47 Å². The van der Waals surface area contributed by atoms with Gasteiger partial charge in [-0.2, -0.15) is 8.78 Å². The highest BCUT2D eigenvalue weighted by atomic mass is 19.3. The number of unbranched alkanes of at least 4 members (excludes halogenated alkanes) is 2. The molecule has 2 nitrogen and oxygen atoms in total. The van der Waals surface area contributed by atoms with Crippen molar-refractivity contribution in [3.05, 3.63) is 131 Å². The quantitative estimate of drug-likeness (QED) is 0.100. The topological polar surface area (TPSA) is 18.5 Å². The van der Waals surface area contributed by atoms with Crippen LogP contribution in [0.25, 0.3) is 33.4 Å². The summed E-state index contributed by atoms with van der Waals surface area (Å²) in [5, 5.41) is 0. The van der Waals surface area contributed by atoms with Gasteiger partial charge in [0.1, 0.15) is 17.4 Å². The largest absolute Gasteiger partial charge is 0.457 e. The van der Waals surface area contributed by atoms with Gasteiger partial charge in [-0.05, 0) is 89.2 Å². The maximum Gasteiger partial charge on any atom is 0.426 e. The van der Waals surface area contributed by atoms with Crippen molar-refractivity contribution >= 4 is 0 Å². The van der Waals surface area contributed by atoms with Crippen molar-refractivity contribution in [2.45, 2.75) is 38.7 Å². The van der Waals surface area contributed by atoms with E-state index in [1.165, 1.54) is 60.7 Å². The van der Waals surface area contributed by atoms with Crippen molar-refractivity contribution in [1.29, 1.82) is 0 Å². The zero-order valence-corrected chi connectivity index (χ0v) is 24.7.